The van der Waals surface area contributed by atoms with Gasteiger partial charge in [0.2, 0.25) is 0 Å². The summed E-state index contributed by atoms with van der Waals surface area (Å²) >= 11 is 1.14. The van der Waals surface area contributed by atoms with Crippen LogP contribution in [0.4, 0.5) is 5.69 Å². The maximum Gasteiger partial charge on any atom is 0.265 e. The third kappa shape index (κ3) is 3.54. The van der Waals surface area contributed by atoms with Crippen molar-refractivity contribution in [2.45, 2.75) is 33.1 Å². The zero-order valence-electron chi connectivity index (χ0n) is 13.1. The first-order valence-corrected chi connectivity index (χ1v) is 7.76. The van der Waals surface area contributed by atoms with Crippen molar-refractivity contribution < 1.29 is 14.7 Å². The van der Waals surface area contributed by atoms with Gasteiger partial charge in [0.05, 0.1) is 15.4 Å². The SMILES string of the molecule is CC(=O)c1ccc(C(=O)Nc2cc(C(C)(C)C)ccc2O)s1. The van der Waals surface area contributed by atoms with Crippen molar-refractivity contribution >= 4 is 28.7 Å². The Hall–Kier alpha value is -2.14. The average Bonchev–Trinajstić information content (AvgIpc) is 2.89. The first-order valence-electron chi connectivity index (χ1n) is 6.94. The molecule has 0 saturated heterocycles. The standard InChI is InChI=1S/C17H19NO3S/c1-10(19)14-7-8-15(22-14)16(21)18-12-9-11(17(2,3)4)5-6-13(12)20/h5-9,20H,1-4H3,(H,18,21). The van der Waals surface area contributed by atoms with Gasteiger partial charge in [0.25, 0.3) is 5.91 Å². The molecule has 1 aromatic heterocycles. The van der Waals surface area contributed by atoms with Crippen molar-refractivity contribution in [3.05, 3.63) is 45.6 Å². The molecule has 116 valence electrons. The average molecular weight is 317 g/mol. The molecule has 1 heterocycles. The van der Waals surface area contributed by atoms with Gasteiger partial charge in [-0.2, -0.15) is 0 Å². The van der Waals surface area contributed by atoms with Crippen LogP contribution in [-0.4, -0.2) is 16.8 Å². The summed E-state index contributed by atoms with van der Waals surface area (Å²) in [5.74, 6) is -0.384. The highest BCUT2D eigenvalue weighted by atomic mass is 32.1. The first kappa shape index (κ1) is 16.2. The van der Waals surface area contributed by atoms with E-state index >= 15 is 0 Å². The molecule has 0 radical (unpaired) electrons. The predicted molar refractivity (Wildman–Crippen MR) is 89.1 cm³/mol. The van der Waals surface area contributed by atoms with E-state index in [4.69, 9.17) is 0 Å². The molecule has 2 aromatic rings. The monoisotopic (exact) mass is 317 g/mol. The Balaban J connectivity index is 2.25. The third-order valence-corrected chi connectivity index (χ3v) is 4.47. The summed E-state index contributed by atoms with van der Waals surface area (Å²) in [5, 5.41) is 12.6. The van der Waals surface area contributed by atoms with Crippen LogP contribution in [0.15, 0.2) is 30.3 Å². The van der Waals surface area contributed by atoms with E-state index < -0.39 is 0 Å². The Morgan fingerprint density at radius 2 is 1.73 bits per heavy atom. The minimum absolute atomic E-state index is 0.0182. The summed E-state index contributed by atoms with van der Waals surface area (Å²) in [6.07, 6.45) is 0. The lowest BCUT2D eigenvalue weighted by Crippen LogP contribution is -2.14. The quantitative estimate of drug-likeness (QED) is 0.658. The summed E-state index contributed by atoms with van der Waals surface area (Å²) in [6.45, 7) is 7.64. The largest absolute Gasteiger partial charge is 0.506 e. The van der Waals surface area contributed by atoms with E-state index in [0.717, 1.165) is 16.9 Å². The van der Waals surface area contributed by atoms with Gasteiger partial charge < -0.3 is 10.4 Å². The number of phenolic OH excluding ortho intramolecular Hbond substituents is 1. The van der Waals surface area contributed by atoms with Gasteiger partial charge in [0.1, 0.15) is 5.75 Å². The highest BCUT2D eigenvalue weighted by molar-refractivity contribution is 7.16. The lowest BCUT2D eigenvalue weighted by Gasteiger charge is -2.20. The molecule has 0 aliphatic rings. The Kier molecular flexibility index (Phi) is 4.37. The summed E-state index contributed by atoms with van der Waals surface area (Å²) in [7, 11) is 0. The summed E-state index contributed by atoms with van der Waals surface area (Å²) in [4.78, 5) is 24.5. The normalized spacial score (nSPS) is 11.3. The molecule has 4 nitrogen and oxygen atoms in total. The van der Waals surface area contributed by atoms with Crippen LogP contribution in [0.25, 0.3) is 0 Å². The number of hydrogen-bond donors (Lipinski definition) is 2. The van der Waals surface area contributed by atoms with E-state index in [-0.39, 0.29) is 22.9 Å². The fraction of sp³-hybridized carbons (Fsp3) is 0.294. The van der Waals surface area contributed by atoms with Gasteiger partial charge in [-0.15, -0.1) is 11.3 Å². The number of hydrogen-bond acceptors (Lipinski definition) is 4. The van der Waals surface area contributed by atoms with E-state index in [1.807, 2.05) is 6.07 Å². The molecule has 1 amide bonds. The number of thiophene rings is 1. The van der Waals surface area contributed by atoms with E-state index in [1.54, 1.807) is 24.3 Å². The van der Waals surface area contributed by atoms with E-state index in [2.05, 4.69) is 26.1 Å². The van der Waals surface area contributed by atoms with Crippen molar-refractivity contribution in [3.63, 3.8) is 0 Å². The molecule has 2 N–H and O–H groups in total. The summed E-state index contributed by atoms with van der Waals surface area (Å²) < 4.78 is 0. The maximum atomic E-state index is 12.2. The molecule has 0 saturated carbocycles. The molecule has 0 unspecified atom stereocenters. The molecule has 1 aromatic carbocycles. The number of benzene rings is 1. The van der Waals surface area contributed by atoms with Crippen LogP contribution < -0.4 is 5.32 Å². The molecule has 0 fully saturated rings. The smallest absolute Gasteiger partial charge is 0.265 e. The second-order valence-corrected chi connectivity index (χ2v) is 7.24. The number of phenols is 1. The van der Waals surface area contributed by atoms with Crippen LogP contribution in [0.1, 0.15) is 52.6 Å². The Bertz CT molecular complexity index is 726. The number of ketones is 1. The van der Waals surface area contributed by atoms with Gasteiger partial charge in [-0.25, -0.2) is 0 Å². The number of rotatable bonds is 3. The number of aromatic hydroxyl groups is 1. The molecule has 2 rings (SSSR count). The molecule has 0 aliphatic heterocycles. The minimum atomic E-state index is -0.334. The number of nitrogens with one attached hydrogen (secondary N) is 1. The predicted octanol–water partition coefficient (Wildman–Crippen LogP) is 4.21. The topological polar surface area (TPSA) is 66.4 Å². The van der Waals surface area contributed by atoms with Gasteiger partial charge in [-0.05, 0) is 42.2 Å². The van der Waals surface area contributed by atoms with Crippen molar-refractivity contribution in [1.29, 1.82) is 0 Å². The van der Waals surface area contributed by atoms with E-state index in [0.29, 0.717) is 15.4 Å². The highest BCUT2D eigenvalue weighted by Gasteiger charge is 2.17. The maximum absolute atomic E-state index is 12.2. The van der Waals surface area contributed by atoms with Crippen LogP contribution in [0.5, 0.6) is 5.75 Å². The van der Waals surface area contributed by atoms with Crippen LogP contribution in [-0.2, 0) is 5.41 Å². The zero-order chi connectivity index (χ0) is 16.5. The van der Waals surface area contributed by atoms with E-state index in [1.165, 1.54) is 6.92 Å². The molecule has 0 aliphatic carbocycles. The molecule has 0 spiro atoms. The van der Waals surface area contributed by atoms with Crippen LogP contribution in [0.2, 0.25) is 0 Å². The van der Waals surface area contributed by atoms with Gasteiger partial charge >= 0.3 is 0 Å². The Morgan fingerprint density at radius 3 is 2.27 bits per heavy atom. The molecular formula is C17H19NO3S. The highest BCUT2D eigenvalue weighted by Crippen LogP contribution is 2.31. The van der Waals surface area contributed by atoms with Crippen LogP contribution >= 0.6 is 11.3 Å². The van der Waals surface area contributed by atoms with Gasteiger partial charge in [-0.3, -0.25) is 9.59 Å². The Labute approximate surface area is 133 Å². The molecular weight excluding hydrogens is 298 g/mol. The van der Waals surface area contributed by atoms with E-state index in [9.17, 15) is 14.7 Å². The lowest BCUT2D eigenvalue weighted by atomic mass is 9.87. The fourth-order valence-electron chi connectivity index (χ4n) is 1.94. The van der Waals surface area contributed by atoms with Crippen molar-refractivity contribution in [2.75, 3.05) is 5.32 Å². The number of amides is 1. The second-order valence-electron chi connectivity index (χ2n) is 6.16. The number of Topliss-reactive ketones (excluding diaryl/α,β-unsaturated/α-hetero) is 1. The van der Waals surface area contributed by atoms with Crippen molar-refractivity contribution in [3.8, 4) is 5.75 Å². The number of carbonyl (C=O) groups is 2. The number of carbonyl (C=O) groups excluding carboxylic acids is 2. The van der Waals surface area contributed by atoms with Crippen molar-refractivity contribution in [2.24, 2.45) is 0 Å². The van der Waals surface area contributed by atoms with Crippen molar-refractivity contribution in [1.82, 2.24) is 0 Å². The van der Waals surface area contributed by atoms with Crippen LogP contribution in [0, 0.1) is 0 Å². The van der Waals surface area contributed by atoms with Gasteiger partial charge in [0, 0.05) is 0 Å². The fourth-order valence-corrected chi connectivity index (χ4v) is 2.73. The zero-order valence-corrected chi connectivity index (χ0v) is 13.9. The summed E-state index contributed by atoms with van der Waals surface area (Å²) in [5.41, 5.74) is 1.30. The minimum Gasteiger partial charge on any atom is -0.506 e. The molecule has 22 heavy (non-hydrogen) atoms. The Morgan fingerprint density at radius 1 is 1.09 bits per heavy atom. The number of anilines is 1. The molecule has 0 bridgehead atoms. The first-order chi connectivity index (χ1) is 10.2. The van der Waals surface area contributed by atoms with Gasteiger partial charge in [-0.1, -0.05) is 26.8 Å². The third-order valence-electron chi connectivity index (χ3n) is 3.29. The molecule has 5 heteroatoms. The lowest BCUT2D eigenvalue weighted by molar-refractivity contribution is 0.101. The van der Waals surface area contributed by atoms with Crippen LogP contribution in [0.3, 0.4) is 0 Å². The molecule has 0 atom stereocenters. The van der Waals surface area contributed by atoms with Gasteiger partial charge in [0.15, 0.2) is 5.78 Å². The summed E-state index contributed by atoms with van der Waals surface area (Å²) in [6, 6.07) is 8.43. The second kappa shape index (κ2) is 5.93.